The van der Waals surface area contributed by atoms with Crippen molar-refractivity contribution in [1.82, 2.24) is 4.98 Å². The third-order valence-electron chi connectivity index (χ3n) is 1.97. The first kappa shape index (κ1) is 9.26. The topological polar surface area (TPSA) is 82.2 Å². The van der Waals surface area contributed by atoms with Gasteiger partial charge in [0.15, 0.2) is 0 Å². The van der Waals surface area contributed by atoms with Crippen LogP contribution in [0.4, 0.5) is 5.82 Å². The molecule has 2 aromatic rings. The molecule has 0 atom stereocenters. The summed E-state index contributed by atoms with van der Waals surface area (Å²) in [4.78, 5) is 24.0. The van der Waals surface area contributed by atoms with Crippen molar-refractivity contribution < 1.29 is 14.7 Å². The zero-order chi connectivity index (χ0) is 10.8. The second kappa shape index (κ2) is 3.45. The van der Waals surface area contributed by atoms with E-state index in [1.54, 1.807) is 6.07 Å². The molecule has 0 bridgehead atoms. The predicted molar refractivity (Wildman–Crippen MR) is 54.6 cm³/mol. The lowest BCUT2D eigenvalue weighted by atomic mass is 10.2. The predicted octanol–water partition coefficient (Wildman–Crippen LogP) is 1.19. The Morgan fingerprint density at radius 2 is 2.00 bits per heavy atom. The van der Waals surface area contributed by atoms with Crippen LogP contribution in [-0.2, 0) is 9.59 Å². The number of rotatable bonds is 1. The second-order valence-corrected chi connectivity index (χ2v) is 3.03. The molecular weight excluding hydrogens is 196 g/mol. The molecule has 0 saturated heterocycles. The first-order chi connectivity index (χ1) is 7.16. The van der Waals surface area contributed by atoms with Gasteiger partial charge in [0.25, 0.3) is 0 Å². The smallest absolute Gasteiger partial charge is 0.394 e. The molecule has 76 valence electrons. The molecule has 0 fully saturated rings. The van der Waals surface area contributed by atoms with Gasteiger partial charge in [0.2, 0.25) is 0 Å². The average Bonchev–Trinajstić information content (AvgIpc) is 2.59. The van der Waals surface area contributed by atoms with E-state index >= 15 is 0 Å². The summed E-state index contributed by atoms with van der Waals surface area (Å²) in [7, 11) is 0. The first-order valence-electron chi connectivity index (χ1n) is 4.29. The molecular formula is C10H8N2O3. The molecule has 15 heavy (non-hydrogen) atoms. The van der Waals surface area contributed by atoms with Gasteiger partial charge in [-0.25, -0.2) is 4.79 Å². The fourth-order valence-electron chi connectivity index (χ4n) is 1.32. The van der Waals surface area contributed by atoms with Crippen LogP contribution in [-0.4, -0.2) is 22.0 Å². The third-order valence-corrected chi connectivity index (χ3v) is 1.97. The highest BCUT2D eigenvalue weighted by Gasteiger charge is 2.11. The Bertz CT molecular complexity index is 497. The molecule has 0 aliphatic carbocycles. The van der Waals surface area contributed by atoms with Crippen LogP contribution in [0.3, 0.4) is 0 Å². The van der Waals surface area contributed by atoms with E-state index in [1.165, 1.54) is 0 Å². The Hall–Kier alpha value is -2.30. The highest BCUT2D eigenvalue weighted by molar-refractivity contribution is 6.36. The SMILES string of the molecule is O=C(O)C(=O)Nc1cc2ccccc2[nH]1. The summed E-state index contributed by atoms with van der Waals surface area (Å²) in [5, 5.41) is 11.5. The molecule has 5 nitrogen and oxygen atoms in total. The summed E-state index contributed by atoms with van der Waals surface area (Å²) in [6, 6.07) is 9.09. The van der Waals surface area contributed by atoms with Crippen molar-refractivity contribution in [3.05, 3.63) is 30.3 Å². The van der Waals surface area contributed by atoms with Gasteiger partial charge in [0.1, 0.15) is 5.82 Å². The number of aliphatic carboxylic acids is 1. The minimum Gasteiger partial charge on any atom is -0.474 e. The molecule has 5 heteroatoms. The zero-order valence-electron chi connectivity index (χ0n) is 7.65. The molecule has 0 saturated carbocycles. The summed E-state index contributed by atoms with van der Waals surface area (Å²) in [6.07, 6.45) is 0. The van der Waals surface area contributed by atoms with Crippen LogP contribution >= 0.6 is 0 Å². The van der Waals surface area contributed by atoms with Gasteiger partial charge < -0.3 is 15.4 Å². The van der Waals surface area contributed by atoms with Crippen LogP contribution in [0.1, 0.15) is 0 Å². The summed E-state index contributed by atoms with van der Waals surface area (Å²) in [5.74, 6) is -2.18. The number of para-hydroxylation sites is 1. The normalized spacial score (nSPS) is 10.1. The minimum absolute atomic E-state index is 0.378. The maximum Gasteiger partial charge on any atom is 0.394 e. The Labute approximate surface area is 84.7 Å². The molecule has 2 rings (SSSR count). The molecule has 0 unspecified atom stereocenters. The quantitative estimate of drug-likeness (QED) is 0.610. The molecule has 0 aliphatic rings. The monoisotopic (exact) mass is 204 g/mol. The van der Waals surface area contributed by atoms with Crippen molar-refractivity contribution in [2.24, 2.45) is 0 Å². The largest absolute Gasteiger partial charge is 0.474 e. The highest BCUT2D eigenvalue weighted by atomic mass is 16.4. The number of benzene rings is 1. The van der Waals surface area contributed by atoms with Crippen LogP contribution in [0.2, 0.25) is 0 Å². The van der Waals surface area contributed by atoms with Crippen LogP contribution in [0.5, 0.6) is 0 Å². The van der Waals surface area contributed by atoms with Gasteiger partial charge in [0.05, 0.1) is 0 Å². The summed E-state index contributed by atoms with van der Waals surface area (Å²) in [6.45, 7) is 0. The lowest BCUT2D eigenvalue weighted by molar-refractivity contribution is -0.147. The van der Waals surface area contributed by atoms with E-state index in [4.69, 9.17) is 5.11 Å². The second-order valence-electron chi connectivity index (χ2n) is 3.03. The average molecular weight is 204 g/mol. The molecule has 0 aliphatic heterocycles. The number of amides is 1. The summed E-state index contributed by atoms with van der Waals surface area (Å²) in [5.41, 5.74) is 0.846. The van der Waals surface area contributed by atoms with Crippen LogP contribution in [0.15, 0.2) is 30.3 Å². The molecule has 0 radical (unpaired) electrons. The van der Waals surface area contributed by atoms with Gasteiger partial charge in [-0.3, -0.25) is 4.79 Å². The number of H-pyrrole nitrogens is 1. The van der Waals surface area contributed by atoms with Crippen molar-refractivity contribution in [2.75, 3.05) is 5.32 Å². The number of hydrogen-bond acceptors (Lipinski definition) is 2. The van der Waals surface area contributed by atoms with Gasteiger partial charge in [-0.2, -0.15) is 0 Å². The van der Waals surface area contributed by atoms with Crippen molar-refractivity contribution in [3.63, 3.8) is 0 Å². The first-order valence-corrected chi connectivity index (χ1v) is 4.29. The standard InChI is InChI=1S/C10H8N2O3/c13-9(10(14)15)12-8-5-6-3-1-2-4-7(6)11-8/h1-5,11H,(H,12,13)(H,14,15). The van der Waals surface area contributed by atoms with Gasteiger partial charge in [-0.1, -0.05) is 18.2 Å². The van der Waals surface area contributed by atoms with Crippen LogP contribution < -0.4 is 5.32 Å². The Morgan fingerprint density at radius 3 is 2.67 bits per heavy atom. The highest BCUT2D eigenvalue weighted by Crippen LogP contribution is 2.17. The van der Waals surface area contributed by atoms with Crippen molar-refractivity contribution in [2.45, 2.75) is 0 Å². The Balaban J connectivity index is 2.30. The van der Waals surface area contributed by atoms with Gasteiger partial charge in [0, 0.05) is 10.9 Å². The number of carboxylic acids is 1. The van der Waals surface area contributed by atoms with E-state index in [0.717, 1.165) is 10.9 Å². The lowest BCUT2D eigenvalue weighted by Gasteiger charge is -1.95. The van der Waals surface area contributed by atoms with Crippen LogP contribution in [0, 0.1) is 0 Å². The number of aromatic nitrogens is 1. The van der Waals surface area contributed by atoms with E-state index < -0.39 is 11.9 Å². The lowest BCUT2D eigenvalue weighted by Crippen LogP contribution is -2.21. The van der Waals surface area contributed by atoms with Crippen molar-refractivity contribution in [1.29, 1.82) is 0 Å². The number of carbonyl (C=O) groups excluding carboxylic acids is 1. The van der Waals surface area contributed by atoms with E-state index in [-0.39, 0.29) is 0 Å². The molecule has 0 spiro atoms. The summed E-state index contributed by atoms with van der Waals surface area (Å²) < 4.78 is 0. The fraction of sp³-hybridized carbons (Fsp3) is 0. The van der Waals surface area contributed by atoms with Crippen LogP contribution in [0.25, 0.3) is 10.9 Å². The number of hydrogen-bond donors (Lipinski definition) is 3. The van der Waals surface area contributed by atoms with E-state index in [1.807, 2.05) is 24.3 Å². The number of aromatic amines is 1. The Kier molecular flexibility index (Phi) is 2.13. The maximum atomic E-state index is 10.9. The molecule has 1 amide bonds. The van der Waals surface area contributed by atoms with Crippen molar-refractivity contribution in [3.8, 4) is 0 Å². The number of carboxylic acid groups (broad SMARTS) is 1. The zero-order valence-corrected chi connectivity index (χ0v) is 7.65. The number of carbonyl (C=O) groups is 2. The van der Waals surface area contributed by atoms with Crippen molar-refractivity contribution >= 4 is 28.6 Å². The number of fused-ring (bicyclic) bond motifs is 1. The van der Waals surface area contributed by atoms with E-state index in [2.05, 4.69) is 10.3 Å². The number of nitrogens with one attached hydrogen (secondary N) is 2. The molecule has 3 N–H and O–H groups in total. The van der Waals surface area contributed by atoms with E-state index in [9.17, 15) is 9.59 Å². The molecule has 1 aromatic carbocycles. The molecule has 1 heterocycles. The minimum atomic E-state index is -1.51. The van der Waals surface area contributed by atoms with Gasteiger partial charge in [-0.05, 0) is 12.1 Å². The maximum absolute atomic E-state index is 10.9. The van der Waals surface area contributed by atoms with Gasteiger partial charge in [-0.15, -0.1) is 0 Å². The fourth-order valence-corrected chi connectivity index (χ4v) is 1.32. The number of anilines is 1. The molecule has 1 aromatic heterocycles. The third kappa shape index (κ3) is 1.80. The summed E-state index contributed by atoms with van der Waals surface area (Å²) >= 11 is 0. The Morgan fingerprint density at radius 1 is 1.27 bits per heavy atom. The van der Waals surface area contributed by atoms with E-state index in [0.29, 0.717) is 5.82 Å². The van der Waals surface area contributed by atoms with Gasteiger partial charge >= 0.3 is 11.9 Å².